The Morgan fingerprint density at radius 3 is 1.69 bits per heavy atom. The number of hydrogen-bond donors (Lipinski definition) is 0. The van der Waals surface area contributed by atoms with Crippen molar-refractivity contribution < 1.29 is 0 Å². The number of nitrogens with zero attached hydrogens (tertiary/aromatic N) is 2. The Kier molecular flexibility index (Phi) is 7.09. The lowest BCUT2D eigenvalue weighted by Gasteiger charge is -2.19. The van der Waals surface area contributed by atoms with E-state index in [9.17, 15) is 0 Å². The zero-order valence-corrected chi connectivity index (χ0v) is 23.1. The Labute approximate surface area is 217 Å². The van der Waals surface area contributed by atoms with E-state index in [0.29, 0.717) is 5.92 Å². The molecule has 0 spiro atoms. The Morgan fingerprint density at radius 2 is 1.19 bits per heavy atom. The van der Waals surface area contributed by atoms with Crippen LogP contribution in [-0.4, -0.2) is 9.78 Å². The average Bonchev–Trinajstić information content (AvgIpc) is 3.26. The van der Waals surface area contributed by atoms with E-state index in [1.807, 2.05) is 0 Å². The van der Waals surface area contributed by atoms with Crippen LogP contribution in [0.1, 0.15) is 89.3 Å². The van der Waals surface area contributed by atoms with Gasteiger partial charge >= 0.3 is 0 Å². The molecule has 0 N–H and O–H groups in total. The van der Waals surface area contributed by atoms with Crippen LogP contribution in [0.4, 0.5) is 0 Å². The van der Waals surface area contributed by atoms with Crippen LogP contribution >= 0.6 is 0 Å². The van der Waals surface area contributed by atoms with Crippen molar-refractivity contribution in [1.29, 1.82) is 0 Å². The third-order valence-electron chi connectivity index (χ3n) is 6.80. The summed E-state index contributed by atoms with van der Waals surface area (Å²) in [5.74, 6) is 0.504. The Balaban J connectivity index is 1.71. The van der Waals surface area contributed by atoms with E-state index in [-0.39, 0.29) is 10.8 Å². The van der Waals surface area contributed by atoms with Gasteiger partial charge in [0.25, 0.3) is 0 Å². The molecule has 0 bridgehead atoms. The molecule has 4 aromatic rings. The van der Waals surface area contributed by atoms with Gasteiger partial charge in [-0.2, -0.15) is 5.10 Å². The maximum Gasteiger partial charge on any atom is 0.0862 e. The first-order valence-electron chi connectivity index (χ1n) is 13.0. The van der Waals surface area contributed by atoms with Crippen LogP contribution < -0.4 is 0 Å². The summed E-state index contributed by atoms with van der Waals surface area (Å²) >= 11 is 0. The third kappa shape index (κ3) is 5.87. The summed E-state index contributed by atoms with van der Waals surface area (Å²) in [6.07, 6.45) is 4.26. The minimum Gasteiger partial charge on any atom is -0.233 e. The Hall–Kier alpha value is -3.39. The molecule has 0 aliphatic heterocycles. The predicted molar refractivity (Wildman–Crippen MR) is 156 cm³/mol. The summed E-state index contributed by atoms with van der Waals surface area (Å²) in [6.45, 7) is 17.9. The molecule has 1 aromatic heterocycles. The van der Waals surface area contributed by atoms with Gasteiger partial charge in [-0.05, 0) is 63.3 Å². The van der Waals surface area contributed by atoms with Crippen molar-refractivity contribution in [3.8, 4) is 16.9 Å². The number of aromatic nitrogens is 2. The first kappa shape index (κ1) is 25.7. The number of benzene rings is 3. The summed E-state index contributed by atoms with van der Waals surface area (Å²) in [5.41, 5.74) is 9.74. The van der Waals surface area contributed by atoms with E-state index < -0.39 is 0 Å². The fraction of sp³-hybridized carbons (Fsp3) is 0.324. The van der Waals surface area contributed by atoms with E-state index in [1.165, 1.54) is 22.3 Å². The van der Waals surface area contributed by atoms with Crippen LogP contribution in [0.5, 0.6) is 0 Å². The lowest BCUT2D eigenvalue weighted by atomic mass is 9.86. The lowest BCUT2D eigenvalue weighted by Crippen LogP contribution is -2.10. The minimum absolute atomic E-state index is 0.127. The quantitative estimate of drug-likeness (QED) is 0.280. The van der Waals surface area contributed by atoms with Gasteiger partial charge in [0, 0.05) is 5.56 Å². The molecule has 0 amide bonds. The molecule has 3 aromatic carbocycles. The van der Waals surface area contributed by atoms with E-state index in [4.69, 9.17) is 5.10 Å². The van der Waals surface area contributed by atoms with Crippen LogP contribution in [0.15, 0.2) is 78.9 Å². The van der Waals surface area contributed by atoms with Gasteiger partial charge in [-0.25, -0.2) is 4.68 Å². The average molecular weight is 477 g/mol. The molecule has 2 nitrogen and oxygen atoms in total. The summed E-state index contributed by atoms with van der Waals surface area (Å²) in [7, 11) is 0. The van der Waals surface area contributed by atoms with Crippen LogP contribution in [-0.2, 0) is 10.8 Å². The molecular formula is C34H40N2. The normalized spacial score (nSPS) is 12.6. The minimum atomic E-state index is 0.127. The second-order valence-corrected chi connectivity index (χ2v) is 12.1. The molecule has 0 saturated carbocycles. The third-order valence-corrected chi connectivity index (χ3v) is 6.80. The van der Waals surface area contributed by atoms with Crippen molar-refractivity contribution >= 4 is 12.2 Å². The van der Waals surface area contributed by atoms with E-state index in [0.717, 1.165) is 22.6 Å². The first-order valence-corrected chi connectivity index (χ1v) is 13.0. The topological polar surface area (TPSA) is 17.8 Å². The maximum atomic E-state index is 5.00. The maximum absolute atomic E-state index is 5.00. The van der Waals surface area contributed by atoms with Gasteiger partial charge in [0.1, 0.15) is 0 Å². The highest BCUT2D eigenvalue weighted by Gasteiger charge is 2.16. The van der Waals surface area contributed by atoms with Gasteiger partial charge in [0.05, 0.1) is 17.1 Å². The molecule has 1 heterocycles. The highest BCUT2D eigenvalue weighted by Crippen LogP contribution is 2.29. The molecule has 0 saturated heterocycles. The van der Waals surface area contributed by atoms with Crippen LogP contribution in [0.25, 0.3) is 29.1 Å². The van der Waals surface area contributed by atoms with Gasteiger partial charge in [-0.1, -0.05) is 122 Å². The van der Waals surface area contributed by atoms with Crippen molar-refractivity contribution in [3.05, 3.63) is 107 Å². The largest absolute Gasteiger partial charge is 0.233 e. The van der Waals surface area contributed by atoms with Crippen molar-refractivity contribution in [2.45, 2.75) is 72.1 Å². The van der Waals surface area contributed by atoms with E-state index in [2.05, 4.69) is 151 Å². The molecule has 36 heavy (non-hydrogen) atoms. The Morgan fingerprint density at radius 1 is 0.667 bits per heavy atom. The summed E-state index contributed by atoms with van der Waals surface area (Å²) in [4.78, 5) is 0. The van der Waals surface area contributed by atoms with Gasteiger partial charge < -0.3 is 0 Å². The highest BCUT2D eigenvalue weighted by molar-refractivity contribution is 5.72. The monoisotopic (exact) mass is 476 g/mol. The SMILES string of the molecule is CC(C)c1ccc(-n2nc(C=Cc3ccc(C(C)(C)C)cc3)cc2-c2ccc(C(C)(C)C)cc2)cc1. The molecule has 2 heteroatoms. The standard InChI is InChI=1S/C34H40N2/c1-24(2)26-14-21-31(22-15-26)36-32(27-12-18-29(19-13-27)34(6,7)8)23-30(35-36)20-11-25-9-16-28(17-10-25)33(3,4)5/h9-24H,1-8H3. The molecule has 0 unspecified atom stereocenters. The lowest BCUT2D eigenvalue weighted by molar-refractivity contribution is 0.590. The molecule has 0 aliphatic rings. The Bertz CT molecular complexity index is 1320. The van der Waals surface area contributed by atoms with Crippen molar-refractivity contribution in [2.24, 2.45) is 0 Å². The van der Waals surface area contributed by atoms with E-state index in [1.54, 1.807) is 0 Å². The van der Waals surface area contributed by atoms with Crippen LogP contribution in [0.2, 0.25) is 0 Å². The summed E-state index contributed by atoms with van der Waals surface area (Å²) < 4.78 is 2.07. The second-order valence-electron chi connectivity index (χ2n) is 12.1. The molecule has 0 atom stereocenters. The van der Waals surface area contributed by atoms with Gasteiger partial charge in [0.2, 0.25) is 0 Å². The molecule has 0 aliphatic carbocycles. The van der Waals surface area contributed by atoms with E-state index >= 15 is 0 Å². The van der Waals surface area contributed by atoms with Crippen molar-refractivity contribution in [2.75, 3.05) is 0 Å². The molecule has 186 valence electrons. The summed E-state index contributed by atoms with van der Waals surface area (Å²) in [6, 6.07) is 28.7. The van der Waals surface area contributed by atoms with Crippen LogP contribution in [0.3, 0.4) is 0 Å². The molecule has 0 fully saturated rings. The number of hydrogen-bond acceptors (Lipinski definition) is 1. The second kappa shape index (κ2) is 9.93. The van der Waals surface area contributed by atoms with Crippen molar-refractivity contribution in [3.63, 3.8) is 0 Å². The zero-order valence-electron chi connectivity index (χ0n) is 23.1. The highest BCUT2D eigenvalue weighted by atomic mass is 15.3. The van der Waals surface area contributed by atoms with Gasteiger partial charge in [0.15, 0.2) is 0 Å². The predicted octanol–water partition coefficient (Wildman–Crippen LogP) is 9.43. The van der Waals surface area contributed by atoms with Gasteiger partial charge in [-0.3, -0.25) is 0 Å². The smallest absolute Gasteiger partial charge is 0.0862 e. The molecule has 0 radical (unpaired) electrons. The fourth-order valence-corrected chi connectivity index (χ4v) is 4.30. The molecule has 4 rings (SSSR count). The van der Waals surface area contributed by atoms with Crippen LogP contribution in [0, 0.1) is 0 Å². The first-order chi connectivity index (χ1) is 16.9. The fourth-order valence-electron chi connectivity index (χ4n) is 4.30. The van der Waals surface area contributed by atoms with Crippen molar-refractivity contribution in [1.82, 2.24) is 9.78 Å². The zero-order chi connectivity index (χ0) is 26.1. The van der Waals surface area contributed by atoms with Gasteiger partial charge in [-0.15, -0.1) is 0 Å². The molecular weight excluding hydrogens is 436 g/mol. The summed E-state index contributed by atoms with van der Waals surface area (Å²) in [5, 5.41) is 5.00. The number of rotatable bonds is 5.